The molecule has 0 unspecified atom stereocenters. The molecule has 0 saturated heterocycles. The third kappa shape index (κ3) is 2.55. The highest BCUT2D eigenvalue weighted by Crippen LogP contribution is 2.56. The van der Waals surface area contributed by atoms with E-state index in [4.69, 9.17) is 4.74 Å². The highest BCUT2D eigenvalue weighted by molar-refractivity contribution is 5.96. The van der Waals surface area contributed by atoms with E-state index in [2.05, 4.69) is 5.32 Å². The first-order valence-electron chi connectivity index (χ1n) is 7.27. The lowest BCUT2D eigenvalue weighted by Gasteiger charge is -2.39. The van der Waals surface area contributed by atoms with E-state index in [1.165, 1.54) is 7.11 Å². The Labute approximate surface area is 125 Å². The Hall–Kier alpha value is -1.84. The fourth-order valence-electron chi connectivity index (χ4n) is 3.25. The van der Waals surface area contributed by atoms with Gasteiger partial charge in [0.1, 0.15) is 0 Å². The van der Waals surface area contributed by atoms with Crippen molar-refractivity contribution in [3.8, 4) is 0 Å². The average Bonchev–Trinajstić information content (AvgIpc) is 2.71. The van der Waals surface area contributed by atoms with E-state index in [1.54, 1.807) is 0 Å². The lowest BCUT2D eigenvalue weighted by atomic mass is 9.65. The van der Waals surface area contributed by atoms with Crippen LogP contribution >= 0.6 is 0 Å². The summed E-state index contributed by atoms with van der Waals surface area (Å²) in [7, 11) is 1.40. The van der Waals surface area contributed by atoms with E-state index in [0.29, 0.717) is 12.8 Å². The molecule has 114 valence electrons. The fraction of sp³-hybridized carbons (Fsp3) is 0.529. The number of hydrogen-bond donors (Lipinski definition) is 1. The number of nitrogens with one attached hydrogen (secondary N) is 1. The average molecular weight is 289 g/mol. The lowest BCUT2D eigenvalue weighted by Crippen LogP contribution is -2.45. The van der Waals surface area contributed by atoms with Gasteiger partial charge in [-0.2, -0.15) is 0 Å². The maximum absolute atomic E-state index is 12.7. The topological polar surface area (TPSA) is 55.4 Å². The number of carbonyl (C=O) groups excluding carboxylic acids is 2. The minimum Gasteiger partial charge on any atom is -0.469 e. The summed E-state index contributed by atoms with van der Waals surface area (Å²) in [6, 6.07) is 9.40. The Morgan fingerprint density at radius 3 is 2.38 bits per heavy atom. The van der Waals surface area contributed by atoms with Crippen LogP contribution in [0.2, 0.25) is 0 Å². The molecule has 4 nitrogen and oxygen atoms in total. The van der Waals surface area contributed by atoms with Gasteiger partial charge in [0.25, 0.3) is 0 Å². The highest BCUT2D eigenvalue weighted by atomic mass is 16.5. The molecule has 2 atom stereocenters. The Balaban J connectivity index is 2.22. The standard InChI is InChI=1S/C17H23NO3/c1-16(2)13(14(19)21-4)10-11-17(16,3)15(20)18-12-8-6-5-7-9-12/h5-9,13H,10-11H2,1-4H3,(H,18,20)/t13-,17+/m0/s1. The zero-order chi connectivity index (χ0) is 15.7. The Kier molecular flexibility index (Phi) is 4.08. The van der Waals surface area contributed by atoms with E-state index in [9.17, 15) is 9.59 Å². The normalized spacial score (nSPS) is 27.1. The monoisotopic (exact) mass is 289 g/mol. The summed E-state index contributed by atoms with van der Waals surface area (Å²) in [5.74, 6) is -0.504. The van der Waals surface area contributed by atoms with Crippen LogP contribution in [-0.2, 0) is 14.3 Å². The molecule has 1 aromatic rings. The van der Waals surface area contributed by atoms with Gasteiger partial charge in [0.05, 0.1) is 18.4 Å². The molecule has 0 aromatic heterocycles. The molecule has 0 aliphatic heterocycles. The number of rotatable bonds is 3. The van der Waals surface area contributed by atoms with Crippen LogP contribution in [0, 0.1) is 16.7 Å². The largest absolute Gasteiger partial charge is 0.469 e. The third-order valence-electron chi connectivity index (χ3n) is 5.24. The van der Waals surface area contributed by atoms with Gasteiger partial charge in [0, 0.05) is 5.69 Å². The van der Waals surface area contributed by atoms with Crippen LogP contribution in [0.25, 0.3) is 0 Å². The smallest absolute Gasteiger partial charge is 0.309 e. The van der Waals surface area contributed by atoms with Gasteiger partial charge in [-0.05, 0) is 30.4 Å². The van der Waals surface area contributed by atoms with Crippen molar-refractivity contribution in [3.63, 3.8) is 0 Å². The first-order chi connectivity index (χ1) is 9.83. The molecule has 0 heterocycles. The number of benzene rings is 1. The molecule has 1 amide bonds. The van der Waals surface area contributed by atoms with Gasteiger partial charge in [-0.1, -0.05) is 39.0 Å². The molecule has 1 aromatic carbocycles. The quantitative estimate of drug-likeness (QED) is 0.869. The summed E-state index contributed by atoms with van der Waals surface area (Å²) in [4.78, 5) is 24.7. The van der Waals surface area contributed by atoms with Gasteiger partial charge >= 0.3 is 5.97 Å². The second-order valence-corrected chi connectivity index (χ2v) is 6.49. The number of methoxy groups -OCH3 is 1. The fourth-order valence-corrected chi connectivity index (χ4v) is 3.25. The Morgan fingerprint density at radius 2 is 1.81 bits per heavy atom. The minimum atomic E-state index is -0.596. The van der Waals surface area contributed by atoms with Gasteiger partial charge in [-0.25, -0.2) is 0 Å². The minimum absolute atomic E-state index is 0.0369. The molecule has 4 heteroatoms. The second kappa shape index (κ2) is 5.51. The van der Waals surface area contributed by atoms with Crippen molar-refractivity contribution in [2.45, 2.75) is 33.6 Å². The molecule has 21 heavy (non-hydrogen) atoms. The molecule has 1 N–H and O–H groups in total. The number of ether oxygens (including phenoxy) is 1. The summed E-state index contributed by atoms with van der Waals surface area (Å²) >= 11 is 0. The molecular formula is C17H23NO3. The molecule has 0 spiro atoms. The molecular weight excluding hydrogens is 266 g/mol. The Morgan fingerprint density at radius 1 is 1.19 bits per heavy atom. The van der Waals surface area contributed by atoms with Crippen molar-refractivity contribution in [1.29, 1.82) is 0 Å². The maximum Gasteiger partial charge on any atom is 0.309 e. The molecule has 2 rings (SSSR count). The predicted molar refractivity (Wildman–Crippen MR) is 81.7 cm³/mol. The van der Waals surface area contributed by atoms with Crippen LogP contribution in [0.4, 0.5) is 5.69 Å². The van der Waals surface area contributed by atoms with Gasteiger partial charge in [0.15, 0.2) is 0 Å². The van der Waals surface area contributed by atoms with Crippen LogP contribution in [0.5, 0.6) is 0 Å². The van der Waals surface area contributed by atoms with Crippen molar-refractivity contribution in [3.05, 3.63) is 30.3 Å². The van der Waals surface area contributed by atoms with Crippen LogP contribution < -0.4 is 5.32 Å². The summed E-state index contributed by atoms with van der Waals surface area (Å²) in [5, 5.41) is 2.97. The number of esters is 1. The van der Waals surface area contributed by atoms with Crippen molar-refractivity contribution in [2.75, 3.05) is 12.4 Å². The van der Waals surface area contributed by atoms with Crippen LogP contribution in [0.3, 0.4) is 0 Å². The predicted octanol–water partition coefficient (Wildman–Crippen LogP) is 3.24. The zero-order valence-corrected chi connectivity index (χ0v) is 13.1. The summed E-state index contributed by atoms with van der Waals surface area (Å²) in [6.45, 7) is 5.90. The number of hydrogen-bond acceptors (Lipinski definition) is 3. The van der Waals surface area contributed by atoms with Crippen molar-refractivity contribution in [1.82, 2.24) is 0 Å². The molecule has 0 radical (unpaired) electrons. The third-order valence-corrected chi connectivity index (χ3v) is 5.24. The number of amides is 1. The zero-order valence-electron chi connectivity index (χ0n) is 13.1. The van der Waals surface area contributed by atoms with Gasteiger partial charge in [-0.3, -0.25) is 9.59 Å². The second-order valence-electron chi connectivity index (χ2n) is 6.49. The van der Waals surface area contributed by atoms with Crippen LogP contribution in [0.15, 0.2) is 30.3 Å². The van der Waals surface area contributed by atoms with E-state index < -0.39 is 10.8 Å². The van der Waals surface area contributed by atoms with E-state index in [-0.39, 0.29) is 17.8 Å². The summed E-state index contributed by atoms with van der Waals surface area (Å²) < 4.78 is 4.89. The van der Waals surface area contributed by atoms with Crippen molar-refractivity contribution in [2.24, 2.45) is 16.7 Å². The van der Waals surface area contributed by atoms with Crippen molar-refractivity contribution < 1.29 is 14.3 Å². The highest BCUT2D eigenvalue weighted by Gasteiger charge is 2.58. The SMILES string of the molecule is COC(=O)[C@@H]1CC[C@](C)(C(=O)Nc2ccccc2)C1(C)C. The first kappa shape index (κ1) is 15.5. The number of anilines is 1. The van der Waals surface area contributed by atoms with Crippen LogP contribution in [0.1, 0.15) is 33.6 Å². The number of carbonyl (C=O) groups is 2. The molecule has 0 bridgehead atoms. The van der Waals surface area contributed by atoms with E-state index >= 15 is 0 Å². The first-order valence-corrected chi connectivity index (χ1v) is 7.27. The van der Waals surface area contributed by atoms with Gasteiger partial charge in [0.2, 0.25) is 5.91 Å². The molecule has 1 saturated carbocycles. The van der Waals surface area contributed by atoms with E-state index in [1.807, 2.05) is 51.1 Å². The molecule has 1 aliphatic rings. The van der Waals surface area contributed by atoms with Gasteiger partial charge < -0.3 is 10.1 Å². The van der Waals surface area contributed by atoms with Gasteiger partial charge in [-0.15, -0.1) is 0 Å². The Bertz CT molecular complexity index is 538. The van der Waals surface area contributed by atoms with Crippen LogP contribution in [-0.4, -0.2) is 19.0 Å². The maximum atomic E-state index is 12.7. The van der Waals surface area contributed by atoms with E-state index in [0.717, 1.165) is 5.69 Å². The summed E-state index contributed by atoms with van der Waals surface area (Å²) in [5.41, 5.74) is -0.262. The number of para-hydroxylation sites is 1. The lowest BCUT2D eigenvalue weighted by molar-refractivity contribution is -0.151. The van der Waals surface area contributed by atoms with Crippen molar-refractivity contribution >= 4 is 17.6 Å². The molecule has 1 fully saturated rings. The molecule has 1 aliphatic carbocycles. The summed E-state index contributed by atoms with van der Waals surface area (Å²) in [6.07, 6.45) is 1.36.